The average molecular weight is 414 g/mol. The molecule has 0 saturated carbocycles. The number of fused-ring (bicyclic) bond motifs is 3. The summed E-state index contributed by atoms with van der Waals surface area (Å²) in [4.78, 5) is 18.2. The lowest BCUT2D eigenvalue weighted by Crippen LogP contribution is -2.45. The van der Waals surface area contributed by atoms with Gasteiger partial charge in [-0.2, -0.15) is 0 Å². The number of pyridine rings is 1. The van der Waals surface area contributed by atoms with Crippen LogP contribution in [-0.2, 0) is 4.74 Å². The molecular weight excluding hydrogens is 383 g/mol. The van der Waals surface area contributed by atoms with Gasteiger partial charge in [-0.15, -0.1) is 0 Å². The first kappa shape index (κ1) is 20.4. The maximum absolute atomic E-state index is 13.5. The van der Waals surface area contributed by atoms with Crippen LogP contribution in [0.2, 0.25) is 11.6 Å². The van der Waals surface area contributed by atoms with E-state index in [9.17, 15) is 4.79 Å². The maximum atomic E-state index is 13.5. The minimum absolute atomic E-state index is 0.323. The van der Waals surface area contributed by atoms with E-state index >= 15 is 0 Å². The molecule has 4 heterocycles. The van der Waals surface area contributed by atoms with Gasteiger partial charge in [0.05, 0.1) is 16.9 Å². The number of hydrogen-bond acceptors (Lipinski definition) is 3. The molecule has 0 radical (unpaired) electrons. The van der Waals surface area contributed by atoms with Crippen LogP contribution in [-0.4, -0.2) is 28.0 Å². The fraction of sp³-hybridized carbons (Fsp3) is 0.462. The summed E-state index contributed by atoms with van der Waals surface area (Å²) >= 11 is 0. The van der Waals surface area contributed by atoms with Crippen molar-refractivity contribution in [3.05, 3.63) is 48.7 Å². The normalized spacial score (nSPS) is 21.3. The summed E-state index contributed by atoms with van der Waals surface area (Å²) in [5.41, 5.74) is 3.46. The van der Waals surface area contributed by atoms with Crippen molar-refractivity contribution in [1.82, 2.24) is 9.55 Å². The summed E-state index contributed by atoms with van der Waals surface area (Å²) < 4.78 is 7.68. The summed E-state index contributed by atoms with van der Waals surface area (Å²) in [6.07, 6.45) is 9.30. The summed E-state index contributed by atoms with van der Waals surface area (Å²) in [6, 6.07) is 14.3. The molecule has 2 aromatic heterocycles. The predicted octanol–water partition coefficient (Wildman–Crippen LogP) is 6.30. The van der Waals surface area contributed by atoms with Crippen LogP contribution in [0, 0.1) is 0 Å². The Bertz CT molecular complexity index is 1080. The van der Waals surface area contributed by atoms with Crippen LogP contribution in [0.4, 0.5) is 4.79 Å². The first-order chi connectivity index (χ1) is 14.9. The number of rotatable bonds is 2. The molecule has 2 fully saturated rings. The van der Waals surface area contributed by atoms with Crippen molar-refractivity contribution in [3.8, 4) is 11.4 Å². The number of hydrogen-bond donors (Lipinski definition) is 0. The van der Waals surface area contributed by atoms with Crippen LogP contribution in [0.1, 0.15) is 59.3 Å². The highest BCUT2D eigenvalue weighted by molar-refractivity contribution is 6.80. The molecule has 0 atom stereocenters. The number of ether oxygens (including phenoxy) is 1. The minimum Gasteiger partial charge on any atom is -0.443 e. The van der Waals surface area contributed by atoms with Crippen molar-refractivity contribution in [2.45, 2.75) is 76.5 Å². The van der Waals surface area contributed by atoms with E-state index < -0.39 is 5.60 Å². The van der Waals surface area contributed by atoms with E-state index in [-0.39, 0.29) is 6.09 Å². The van der Waals surface area contributed by atoms with Crippen LogP contribution in [0.25, 0.3) is 22.3 Å². The molecule has 5 rings (SSSR count). The van der Waals surface area contributed by atoms with Crippen molar-refractivity contribution in [2.75, 3.05) is 0 Å². The number of nitrogens with zero attached hydrogens (tertiary/aromatic N) is 2. The second-order valence-corrected chi connectivity index (χ2v) is 10.2. The Morgan fingerprint density at radius 2 is 1.65 bits per heavy atom. The van der Waals surface area contributed by atoms with E-state index in [1.807, 2.05) is 57.3 Å². The molecule has 0 spiro atoms. The molecular formula is C26H31BN2O2. The Morgan fingerprint density at radius 1 is 1.00 bits per heavy atom. The van der Waals surface area contributed by atoms with Gasteiger partial charge in [-0.25, -0.2) is 9.36 Å². The second-order valence-electron chi connectivity index (χ2n) is 10.2. The van der Waals surface area contributed by atoms with Gasteiger partial charge in [-0.3, -0.25) is 4.98 Å². The summed E-state index contributed by atoms with van der Waals surface area (Å²) in [5, 5.41) is 1.18. The summed E-state index contributed by atoms with van der Waals surface area (Å²) in [7, 11) is 0. The first-order valence-corrected chi connectivity index (χ1v) is 11.7. The molecule has 5 heteroatoms. The van der Waals surface area contributed by atoms with Gasteiger partial charge in [0.1, 0.15) is 5.60 Å². The van der Waals surface area contributed by atoms with E-state index in [4.69, 9.17) is 9.72 Å². The summed E-state index contributed by atoms with van der Waals surface area (Å²) in [6.45, 7) is 6.24. The average Bonchev–Trinajstić information content (AvgIpc) is 3.07. The Morgan fingerprint density at radius 3 is 2.26 bits per heavy atom. The molecule has 2 aliphatic heterocycles. The fourth-order valence-electron chi connectivity index (χ4n) is 6.00. The third-order valence-electron chi connectivity index (χ3n) is 7.05. The van der Waals surface area contributed by atoms with Gasteiger partial charge in [0.2, 0.25) is 0 Å². The van der Waals surface area contributed by atoms with E-state index in [0.29, 0.717) is 18.3 Å². The lowest BCUT2D eigenvalue weighted by Gasteiger charge is -2.41. The number of carbonyl (C=O) groups is 1. The third kappa shape index (κ3) is 3.68. The molecule has 0 aliphatic carbocycles. The van der Waals surface area contributed by atoms with Gasteiger partial charge >= 0.3 is 6.09 Å². The van der Waals surface area contributed by atoms with Crippen LogP contribution in [0.5, 0.6) is 0 Å². The highest BCUT2D eigenvalue weighted by atomic mass is 16.6. The molecule has 31 heavy (non-hydrogen) atoms. The zero-order chi connectivity index (χ0) is 21.6. The van der Waals surface area contributed by atoms with Crippen LogP contribution >= 0.6 is 0 Å². The molecule has 0 unspecified atom stereocenters. The number of para-hydroxylation sites is 1. The van der Waals surface area contributed by atoms with E-state index in [1.165, 1.54) is 49.4 Å². The number of carbonyl (C=O) groups excluding carboxylic acids is 1. The van der Waals surface area contributed by atoms with Gasteiger partial charge < -0.3 is 4.74 Å². The zero-order valence-corrected chi connectivity index (χ0v) is 18.8. The highest BCUT2D eigenvalue weighted by Gasteiger charge is 2.44. The molecule has 2 saturated heterocycles. The Balaban J connectivity index is 1.80. The minimum atomic E-state index is -0.564. The van der Waals surface area contributed by atoms with Crippen LogP contribution in [0.3, 0.4) is 0 Å². The van der Waals surface area contributed by atoms with Gasteiger partial charge in [-0.05, 0) is 49.8 Å². The Labute approximate surface area is 185 Å². The fourth-order valence-corrected chi connectivity index (χ4v) is 6.00. The molecule has 4 nitrogen and oxygen atoms in total. The molecule has 160 valence electrons. The SMILES string of the molecule is CC(C)(C)OC(=O)n1c(-c2ccccn2)c(B2C3CCCC2CCC3)c2ccccc21. The zero-order valence-electron chi connectivity index (χ0n) is 18.8. The highest BCUT2D eigenvalue weighted by Crippen LogP contribution is 2.47. The molecule has 1 aromatic carbocycles. The standard InChI is InChI=1S/C26H31BN2O2/c1-26(2,3)31-25(30)29-22-16-5-4-14-20(22)23(24(29)21-15-6-7-17-28-21)27-18-10-8-11-19(27)13-9-12-18/h4-7,14-19H,8-13H2,1-3H3. The van der Waals surface area contributed by atoms with Gasteiger partial charge in [0.15, 0.2) is 6.71 Å². The van der Waals surface area contributed by atoms with Gasteiger partial charge in [0, 0.05) is 6.20 Å². The topological polar surface area (TPSA) is 44.1 Å². The lowest BCUT2D eigenvalue weighted by atomic mass is 9.24. The molecule has 2 aliphatic rings. The van der Waals surface area contributed by atoms with Crippen LogP contribution in [0.15, 0.2) is 48.7 Å². The summed E-state index contributed by atoms with van der Waals surface area (Å²) in [5.74, 6) is 1.38. The molecule has 0 N–H and O–H groups in total. The molecule has 2 bridgehead atoms. The van der Waals surface area contributed by atoms with Crippen molar-refractivity contribution >= 4 is 29.2 Å². The smallest absolute Gasteiger partial charge is 0.419 e. The third-order valence-corrected chi connectivity index (χ3v) is 7.05. The Kier molecular flexibility index (Phi) is 5.15. The molecule has 3 aromatic rings. The van der Waals surface area contributed by atoms with Gasteiger partial charge in [-0.1, -0.05) is 74.4 Å². The van der Waals surface area contributed by atoms with Crippen molar-refractivity contribution < 1.29 is 9.53 Å². The monoisotopic (exact) mass is 414 g/mol. The number of benzene rings is 1. The quantitative estimate of drug-likeness (QED) is 0.463. The maximum Gasteiger partial charge on any atom is 0.419 e. The van der Waals surface area contributed by atoms with E-state index in [1.54, 1.807) is 4.57 Å². The van der Waals surface area contributed by atoms with Crippen molar-refractivity contribution in [3.63, 3.8) is 0 Å². The largest absolute Gasteiger partial charge is 0.443 e. The molecule has 0 amide bonds. The van der Waals surface area contributed by atoms with Crippen molar-refractivity contribution in [1.29, 1.82) is 0 Å². The van der Waals surface area contributed by atoms with E-state index in [2.05, 4.69) is 12.1 Å². The van der Waals surface area contributed by atoms with Crippen LogP contribution < -0.4 is 5.46 Å². The first-order valence-electron chi connectivity index (χ1n) is 11.7. The van der Waals surface area contributed by atoms with Crippen molar-refractivity contribution in [2.24, 2.45) is 0 Å². The Hall–Kier alpha value is -2.56. The number of aromatic nitrogens is 2. The second kappa shape index (κ2) is 7.85. The predicted molar refractivity (Wildman–Crippen MR) is 127 cm³/mol. The lowest BCUT2D eigenvalue weighted by molar-refractivity contribution is 0.0547. The van der Waals surface area contributed by atoms with Gasteiger partial charge in [0.25, 0.3) is 0 Å². The van der Waals surface area contributed by atoms with E-state index in [0.717, 1.165) is 16.9 Å².